The van der Waals surface area contributed by atoms with Crippen LogP contribution in [0.2, 0.25) is 0 Å². The zero-order valence-electron chi connectivity index (χ0n) is 17.7. The molecule has 156 valence electrons. The third-order valence-corrected chi connectivity index (χ3v) is 6.33. The Morgan fingerprint density at radius 1 is 0.839 bits per heavy atom. The normalized spacial score (nSPS) is 13.8. The van der Waals surface area contributed by atoms with Crippen molar-refractivity contribution >= 4 is 34.8 Å². The molecule has 1 aliphatic heterocycles. The van der Waals surface area contributed by atoms with E-state index in [9.17, 15) is 9.59 Å². The van der Waals surface area contributed by atoms with Crippen molar-refractivity contribution in [3.8, 4) is 5.75 Å². The minimum Gasteiger partial charge on any atom is -0.495 e. The van der Waals surface area contributed by atoms with Crippen LogP contribution in [-0.4, -0.2) is 18.9 Å². The summed E-state index contributed by atoms with van der Waals surface area (Å²) < 4.78 is 5.46. The second kappa shape index (κ2) is 8.82. The molecule has 4 rings (SSSR count). The monoisotopic (exact) mass is 429 g/mol. The molecule has 5 heteroatoms. The average Bonchev–Trinajstić information content (AvgIpc) is 3.03. The summed E-state index contributed by atoms with van der Waals surface area (Å²) in [5.74, 6) is 0.451. The van der Waals surface area contributed by atoms with E-state index in [4.69, 9.17) is 4.74 Å². The molecule has 0 fully saturated rings. The van der Waals surface area contributed by atoms with Crippen LogP contribution in [0.1, 0.15) is 22.3 Å². The topological polar surface area (TPSA) is 46.6 Å². The highest BCUT2D eigenvalue weighted by atomic mass is 32.2. The number of carbonyl (C=O) groups excluding carboxylic acids is 2. The van der Waals surface area contributed by atoms with E-state index in [1.54, 1.807) is 13.2 Å². The number of methoxy groups -OCH3 is 1. The van der Waals surface area contributed by atoms with Gasteiger partial charge in [-0.1, -0.05) is 66.2 Å². The predicted octanol–water partition coefficient (Wildman–Crippen LogP) is 5.53. The smallest absolute Gasteiger partial charge is 0.272 e. The standard InChI is InChI=1S/C26H23NO3S/c1-17-9-12-20(13-10-17)23-24(31-16-19-7-5-4-6-8-19)26(29)27(25(23)28)21-15-18(2)11-14-22(21)30-3/h4-15H,16H2,1-3H3. The third kappa shape index (κ3) is 4.14. The number of thioether (sulfide) groups is 1. The van der Waals surface area contributed by atoms with Crippen molar-refractivity contribution in [1.82, 2.24) is 0 Å². The van der Waals surface area contributed by atoms with E-state index >= 15 is 0 Å². The zero-order chi connectivity index (χ0) is 22.0. The molecule has 0 saturated heterocycles. The second-order valence-corrected chi connectivity index (χ2v) is 8.45. The number of hydrogen-bond donors (Lipinski definition) is 0. The van der Waals surface area contributed by atoms with Crippen LogP contribution in [0, 0.1) is 13.8 Å². The van der Waals surface area contributed by atoms with Crippen molar-refractivity contribution in [3.63, 3.8) is 0 Å². The Kier molecular flexibility index (Phi) is 5.96. The lowest BCUT2D eigenvalue weighted by molar-refractivity contribution is -0.119. The number of rotatable bonds is 6. The number of benzene rings is 3. The molecule has 0 saturated carbocycles. The van der Waals surface area contributed by atoms with Gasteiger partial charge < -0.3 is 4.74 Å². The van der Waals surface area contributed by atoms with Crippen LogP contribution in [0.4, 0.5) is 5.69 Å². The molecule has 0 aromatic heterocycles. The number of aryl methyl sites for hydroxylation is 2. The summed E-state index contributed by atoms with van der Waals surface area (Å²) in [7, 11) is 1.54. The van der Waals surface area contributed by atoms with Gasteiger partial charge in [-0.2, -0.15) is 0 Å². The van der Waals surface area contributed by atoms with Crippen LogP contribution in [0.5, 0.6) is 5.75 Å². The van der Waals surface area contributed by atoms with Crippen LogP contribution < -0.4 is 9.64 Å². The van der Waals surface area contributed by atoms with Crippen LogP contribution in [0.15, 0.2) is 77.7 Å². The van der Waals surface area contributed by atoms with Gasteiger partial charge in [0.05, 0.1) is 23.3 Å². The van der Waals surface area contributed by atoms with Crippen molar-refractivity contribution in [1.29, 1.82) is 0 Å². The van der Waals surface area contributed by atoms with Gasteiger partial charge in [0.2, 0.25) is 0 Å². The minimum absolute atomic E-state index is 0.314. The summed E-state index contributed by atoms with van der Waals surface area (Å²) in [6.45, 7) is 3.92. The first kappa shape index (κ1) is 20.9. The Balaban J connectivity index is 1.78. The van der Waals surface area contributed by atoms with Gasteiger partial charge in [0.15, 0.2) is 0 Å². The molecule has 31 heavy (non-hydrogen) atoms. The molecule has 3 aromatic rings. The summed E-state index contributed by atoms with van der Waals surface area (Å²) in [6, 6.07) is 23.1. The second-order valence-electron chi connectivity index (χ2n) is 7.47. The Morgan fingerprint density at radius 3 is 2.19 bits per heavy atom. The molecule has 0 radical (unpaired) electrons. The van der Waals surface area contributed by atoms with Gasteiger partial charge in [-0.3, -0.25) is 9.59 Å². The fourth-order valence-corrected chi connectivity index (χ4v) is 4.61. The lowest BCUT2D eigenvalue weighted by atomic mass is 10.0. The maximum Gasteiger partial charge on any atom is 0.272 e. The minimum atomic E-state index is -0.326. The molecule has 0 bridgehead atoms. The molecule has 0 aliphatic carbocycles. The largest absolute Gasteiger partial charge is 0.495 e. The Bertz CT molecular complexity index is 1170. The van der Waals surface area contributed by atoms with Crippen LogP contribution in [-0.2, 0) is 15.3 Å². The molecule has 0 unspecified atom stereocenters. The highest BCUT2D eigenvalue weighted by Crippen LogP contribution is 2.42. The van der Waals surface area contributed by atoms with E-state index < -0.39 is 0 Å². The Hall–Kier alpha value is -3.31. The average molecular weight is 430 g/mol. The van der Waals surface area contributed by atoms with Gasteiger partial charge in [0, 0.05) is 5.75 Å². The SMILES string of the molecule is COc1ccc(C)cc1N1C(=O)C(SCc2ccccc2)=C(c2ccc(C)cc2)C1=O. The number of nitrogens with zero attached hydrogens (tertiary/aromatic N) is 1. The van der Waals surface area contributed by atoms with Gasteiger partial charge in [-0.05, 0) is 42.7 Å². The van der Waals surface area contributed by atoms with Crippen molar-refractivity contribution in [2.75, 3.05) is 12.0 Å². The number of ether oxygens (including phenoxy) is 1. The predicted molar refractivity (Wildman–Crippen MR) is 126 cm³/mol. The number of imide groups is 1. The number of anilines is 1. The molecule has 2 amide bonds. The van der Waals surface area contributed by atoms with Gasteiger partial charge in [-0.15, -0.1) is 11.8 Å². The van der Waals surface area contributed by atoms with Crippen molar-refractivity contribution in [2.24, 2.45) is 0 Å². The summed E-state index contributed by atoms with van der Waals surface area (Å²) in [5, 5.41) is 0. The van der Waals surface area contributed by atoms with E-state index in [-0.39, 0.29) is 11.8 Å². The maximum absolute atomic E-state index is 13.6. The summed E-state index contributed by atoms with van der Waals surface area (Å²) in [5.41, 5.74) is 4.78. The number of hydrogen-bond acceptors (Lipinski definition) is 4. The Labute approximate surface area is 186 Å². The molecular weight excluding hydrogens is 406 g/mol. The highest BCUT2D eigenvalue weighted by molar-refractivity contribution is 8.03. The molecular formula is C26H23NO3S. The summed E-state index contributed by atoms with van der Waals surface area (Å²) in [6.07, 6.45) is 0. The summed E-state index contributed by atoms with van der Waals surface area (Å²) >= 11 is 1.40. The van der Waals surface area contributed by atoms with Crippen LogP contribution in [0.25, 0.3) is 5.57 Å². The molecule has 0 atom stereocenters. The molecule has 0 N–H and O–H groups in total. The number of carbonyl (C=O) groups is 2. The van der Waals surface area contributed by atoms with Gasteiger partial charge in [0.25, 0.3) is 11.8 Å². The van der Waals surface area contributed by atoms with Crippen LogP contribution in [0.3, 0.4) is 0 Å². The lowest BCUT2D eigenvalue weighted by Crippen LogP contribution is -2.31. The maximum atomic E-state index is 13.6. The van der Waals surface area contributed by atoms with E-state index in [1.165, 1.54) is 16.7 Å². The van der Waals surface area contributed by atoms with E-state index in [0.717, 1.165) is 22.3 Å². The molecule has 1 aliphatic rings. The Morgan fingerprint density at radius 2 is 1.52 bits per heavy atom. The zero-order valence-corrected chi connectivity index (χ0v) is 18.5. The van der Waals surface area contributed by atoms with Gasteiger partial charge >= 0.3 is 0 Å². The third-order valence-electron chi connectivity index (χ3n) is 5.18. The van der Waals surface area contributed by atoms with Crippen molar-refractivity contribution < 1.29 is 14.3 Å². The summed E-state index contributed by atoms with van der Waals surface area (Å²) in [4.78, 5) is 28.8. The quantitative estimate of drug-likeness (QED) is 0.484. The first-order valence-electron chi connectivity index (χ1n) is 10.0. The lowest BCUT2D eigenvalue weighted by Gasteiger charge is -2.19. The van der Waals surface area contributed by atoms with Crippen molar-refractivity contribution in [3.05, 3.63) is 100.0 Å². The van der Waals surface area contributed by atoms with Crippen LogP contribution >= 0.6 is 11.8 Å². The first-order valence-corrected chi connectivity index (χ1v) is 11.0. The van der Waals surface area contributed by atoms with Gasteiger partial charge in [0.1, 0.15) is 5.75 Å². The van der Waals surface area contributed by atoms with E-state index in [2.05, 4.69) is 0 Å². The highest BCUT2D eigenvalue weighted by Gasteiger charge is 2.41. The van der Waals surface area contributed by atoms with Crippen molar-refractivity contribution in [2.45, 2.75) is 19.6 Å². The fourth-order valence-electron chi connectivity index (χ4n) is 3.54. The number of amides is 2. The van der Waals surface area contributed by atoms with Gasteiger partial charge in [-0.25, -0.2) is 4.90 Å². The molecule has 1 heterocycles. The molecule has 4 nitrogen and oxygen atoms in total. The molecule has 0 spiro atoms. The first-order chi connectivity index (χ1) is 15.0. The molecule has 3 aromatic carbocycles. The fraction of sp³-hybridized carbons (Fsp3) is 0.154. The van der Waals surface area contributed by atoms with E-state index in [0.29, 0.717) is 27.7 Å². The van der Waals surface area contributed by atoms with E-state index in [1.807, 2.05) is 80.6 Å².